The third-order valence-electron chi connectivity index (χ3n) is 5.07. The molecule has 0 unspecified atom stereocenters. The number of rotatable bonds is 5. The first-order chi connectivity index (χ1) is 13.0. The predicted octanol–water partition coefficient (Wildman–Crippen LogP) is 3.21. The zero-order valence-electron chi connectivity index (χ0n) is 16.0. The molecular weight excluding hydrogens is 342 g/mol. The highest BCUT2D eigenvalue weighted by molar-refractivity contribution is 5.99. The van der Waals surface area contributed by atoms with Gasteiger partial charge in [-0.2, -0.15) is 5.26 Å². The number of benzene rings is 1. The summed E-state index contributed by atoms with van der Waals surface area (Å²) < 4.78 is 11.4. The van der Waals surface area contributed by atoms with Gasteiger partial charge in [-0.1, -0.05) is 6.07 Å². The van der Waals surface area contributed by atoms with E-state index in [0.717, 1.165) is 24.1 Å². The summed E-state index contributed by atoms with van der Waals surface area (Å²) in [6.45, 7) is 4.84. The predicted molar refractivity (Wildman–Crippen MR) is 102 cm³/mol. The molecule has 1 aromatic carbocycles. The van der Waals surface area contributed by atoms with Gasteiger partial charge < -0.3 is 20.1 Å². The topological polar surface area (TPSA) is 88.6 Å². The Kier molecular flexibility index (Phi) is 5.41. The van der Waals surface area contributed by atoms with Crippen molar-refractivity contribution in [2.45, 2.75) is 39.0 Å². The molecule has 6 nitrogen and oxygen atoms in total. The van der Waals surface area contributed by atoms with Crippen LogP contribution in [0.3, 0.4) is 0 Å². The zero-order chi connectivity index (χ0) is 19.6. The second-order valence-corrected chi connectivity index (χ2v) is 6.61. The average molecular weight is 367 g/mol. The molecule has 0 spiro atoms. The standard InChI is InChI=1S/C21H25N3O3/c1-4-26-17-10-9-13(11-18(17)27-5-2)19-14(12-22)21(23)24(3)15-7-6-8-16(25)20(15)19/h9-11,19H,4-8,23H2,1-3H3/t19-/m0/s1. The first-order valence-electron chi connectivity index (χ1n) is 9.32. The van der Waals surface area contributed by atoms with Crippen LogP contribution in [0.5, 0.6) is 11.5 Å². The summed E-state index contributed by atoms with van der Waals surface area (Å²) in [6, 6.07) is 7.82. The molecule has 0 fully saturated rings. The van der Waals surface area contributed by atoms with Gasteiger partial charge in [0.05, 0.1) is 30.8 Å². The Morgan fingerprint density at radius 2 is 1.93 bits per heavy atom. The molecule has 1 aliphatic carbocycles. The van der Waals surface area contributed by atoms with Crippen LogP contribution in [0, 0.1) is 11.3 Å². The van der Waals surface area contributed by atoms with Crippen molar-refractivity contribution in [3.8, 4) is 17.6 Å². The number of hydrogen-bond acceptors (Lipinski definition) is 6. The maximum Gasteiger partial charge on any atom is 0.161 e. The van der Waals surface area contributed by atoms with Gasteiger partial charge >= 0.3 is 0 Å². The lowest BCUT2D eigenvalue weighted by Gasteiger charge is -2.37. The zero-order valence-corrected chi connectivity index (χ0v) is 16.0. The lowest BCUT2D eigenvalue weighted by molar-refractivity contribution is -0.116. The van der Waals surface area contributed by atoms with E-state index in [4.69, 9.17) is 15.2 Å². The van der Waals surface area contributed by atoms with Gasteiger partial charge in [0.2, 0.25) is 0 Å². The van der Waals surface area contributed by atoms with Gasteiger partial charge in [0.15, 0.2) is 17.3 Å². The normalized spacial score (nSPS) is 19.7. The number of nitrogens with two attached hydrogens (primary N) is 1. The molecule has 1 aliphatic heterocycles. The van der Waals surface area contributed by atoms with Gasteiger partial charge in [-0.25, -0.2) is 0 Å². The molecule has 3 rings (SSSR count). The Labute approximate surface area is 159 Å². The van der Waals surface area contributed by atoms with Crippen LogP contribution in [0.2, 0.25) is 0 Å². The summed E-state index contributed by atoms with van der Waals surface area (Å²) in [7, 11) is 1.82. The third kappa shape index (κ3) is 3.25. The van der Waals surface area contributed by atoms with Crippen LogP contribution in [0.1, 0.15) is 44.6 Å². The van der Waals surface area contributed by atoms with Crippen LogP contribution in [0.15, 0.2) is 40.9 Å². The highest BCUT2D eigenvalue weighted by Gasteiger charge is 2.38. The van der Waals surface area contributed by atoms with E-state index in [1.807, 2.05) is 39.1 Å². The number of ether oxygens (including phenoxy) is 2. The van der Waals surface area contributed by atoms with Crippen molar-refractivity contribution in [3.63, 3.8) is 0 Å². The maximum atomic E-state index is 12.8. The summed E-state index contributed by atoms with van der Waals surface area (Å²) in [5, 5.41) is 9.79. The van der Waals surface area contributed by atoms with E-state index in [0.29, 0.717) is 48.1 Å². The third-order valence-corrected chi connectivity index (χ3v) is 5.07. The number of Topliss-reactive ketones (excluding diaryl/α,β-unsaturated/α-hetero) is 1. The molecule has 6 heteroatoms. The van der Waals surface area contributed by atoms with E-state index in [9.17, 15) is 10.1 Å². The molecule has 0 amide bonds. The quantitative estimate of drug-likeness (QED) is 0.860. The molecule has 0 bridgehead atoms. The Morgan fingerprint density at radius 3 is 2.59 bits per heavy atom. The lowest BCUT2D eigenvalue weighted by atomic mass is 9.76. The minimum atomic E-state index is -0.469. The van der Waals surface area contributed by atoms with Crippen molar-refractivity contribution in [2.75, 3.05) is 20.3 Å². The fraction of sp³-hybridized carbons (Fsp3) is 0.429. The number of ketones is 1. The fourth-order valence-electron chi connectivity index (χ4n) is 3.84. The molecule has 0 aromatic heterocycles. The van der Waals surface area contributed by atoms with Crippen LogP contribution in [0.25, 0.3) is 0 Å². The smallest absolute Gasteiger partial charge is 0.161 e. The lowest BCUT2D eigenvalue weighted by Crippen LogP contribution is -2.36. The molecule has 1 heterocycles. The second-order valence-electron chi connectivity index (χ2n) is 6.61. The van der Waals surface area contributed by atoms with Crippen molar-refractivity contribution >= 4 is 5.78 Å². The maximum absolute atomic E-state index is 12.8. The van der Waals surface area contributed by atoms with Crippen molar-refractivity contribution < 1.29 is 14.3 Å². The average Bonchev–Trinajstić information content (AvgIpc) is 2.66. The number of carbonyl (C=O) groups excluding carboxylic acids is 1. The second kappa shape index (κ2) is 7.75. The summed E-state index contributed by atoms with van der Waals surface area (Å²) in [5.74, 6) is 1.28. The Hall–Kier alpha value is -2.94. The van der Waals surface area contributed by atoms with E-state index in [1.165, 1.54) is 0 Å². The molecule has 2 aliphatic rings. The summed E-state index contributed by atoms with van der Waals surface area (Å²) in [6.07, 6.45) is 2.08. The van der Waals surface area contributed by atoms with Crippen LogP contribution in [-0.4, -0.2) is 30.9 Å². The van der Waals surface area contributed by atoms with Crippen molar-refractivity contribution in [1.82, 2.24) is 4.90 Å². The monoisotopic (exact) mass is 367 g/mol. The van der Waals surface area contributed by atoms with Gasteiger partial charge in [-0.15, -0.1) is 0 Å². The van der Waals surface area contributed by atoms with Gasteiger partial charge in [-0.05, 0) is 44.4 Å². The number of allylic oxidation sites excluding steroid dienone is 3. The molecule has 1 atom stereocenters. The molecule has 0 radical (unpaired) electrons. The van der Waals surface area contributed by atoms with Gasteiger partial charge in [-0.3, -0.25) is 4.79 Å². The fourth-order valence-corrected chi connectivity index (χ4v) is 3.84. The number of nitriles is 1. The van der Waals surface area contributed by atoms with E-state index in [-0.39, 0.29) is 5.78 Å². The van der Waals surface area contributed by atoms with Gasteiger partial charge in [0.25, 0.3) is 0 Å². The van der Waals surface area contributed by atoms with Crippen molar-refractivity contribution in [2.24, 2.45) is 5.73 Å². The molecule has 142 valence electrons. The van der Waals surface area contributed by atoms with E-state index >= 15 is 0 Å². The SMILES string of the molecule is CCOc1ccc([C@H]2C(C#N)=C(N)N(C)C3=C2C(=O)CCC3)cc1OCC. The van der Waals surface area contributed by atoms with Crippen LogP contribution < -0.4 is 15.2 Å². The van der Waals surface area contributed by atoms with Crippen LogP contribution in [0.4, 0.5) is 0 Å². The molecule has 0 saturated carbocycles. The van der Waals surface area contributed by atoms with E-state index in [1.54, 1.807) is 4.90 Å². The molecule has 27 heavy (non-hydrogen) atoms. The Morgan fingerprint density at radius 1 is 1.22 bits per heavy atom. The van der Waals surface area contributed by atoms with Crippen LogP contribution >= 0.6 is 0 Å². The summed E-state index contributed by atoms with van der Waals surface area (Å²) in [4.78, 5) is 14.6. The van der Waals surface area contributed by atoms with E-state index in [2.05, 4.69) is 6.07 Å². The minimum Gasteiger partial charge on any atom is -0.490 e. The van der Waals surface area contributed by atoms with Crippen molar-refractivity contribution in [3.05, 3.63) is 46.4 Å². The van der Waals surface area contributed by atoms with Gasteiger partial charge in [0, 0.05) is 24.7 Å². The minimum absolute atomic E-state index is 0.0835. The first kappa shape index (κ1) is 18.8. The van der Waals surface area contributed by atoms with Crippen molar-refractivity contribution in [1.29, 1.82) is 5.26 Å². The number of carbonyl (C=O) groups is 1. The molecule has 2 N–H and O–H groups in total. The Bertz CT molecular complexity index is 864. The number of hydrogen-bond donors (Lipinski definition) is 1. The Balaban J connectivity index is 2.17. The highest BCUT2D eigenvalue weighted by Crippen LogP contribution is 2.45. The van der Waals surface area contributed by atoms with Crippen LogP contribution in [-0.2, 0) is 4.79 Å². The largest absolute Gasteiger partial charge is 0.490 e. The number of nitrogens with zero attached hydrogens (tertiary/aromatic N) is 2. The summed E-state index contributed by atoms with van der Waals surface area (Å²) >= 11 is 0. The highest BCUT2D eigenvalue weighted by atomic mass is 16.5. The van der Waals surface area contributed by atoms with E-state index < -0.39 is 5.92 Å². The first-order valence-corrected chi connectivity index (χ1v) is 9.32. The summed E-state index contributed by atoms with van der Waals surface area (Å²) in [5.41, 5.74) is 9.08. The molecule has 0 saturated heterocycles. The van der Waals surface area contributed by atoms with Gasteiger partial charge in [0.1, 0.15) is 5.82 Å². The molecule has 1 aromatic rings. The molecular formula is C21H25N3O3.